The standard InChI is InChI=1S/C26H40N4O7/c1-26(2,3)37-25(35)30-19-11-7-15(19)23(33)28-17-9-5-13(17)21(31)27-18-10-6-14(18)22(32)29-20-12-8-16(20)24(34)36-4/h13-20H,5-12H2,1-4H3,(H,27,31)(H,28,33)(H,29,32)(H,30,35)/t13-,14-,15-,16-,17+,18+,19+,20+/m1/s1. The highest BCUT2D eigenvalue weighted by Crippen LogP contribution is 2.35. The maximum Gasteiger partial charge on any atom is 0.407 e. The van der Waals surface area contributed by atoms with Gasteiger partial charge in [0.25, 0.3) is 0 Å². The van der Waals surface area contributed by atoms with Crippen LogP contribution in [0, 0.1) is 23.7 Å². The van der Waals surface area contributed by atoms with Crippen molar-refractivity contribution in [1.82, 2.24) is 21.3 Å². The van der Waals surface area contributed by atoms with E-state index in [0.717, 1.165) is 12.8 Å². The first-order valence-corrected chi connectivity index (χ1v) is 13.4. The molecular weight excluding hydrogens is 480 g/mol. The van der Waals surface area contributed by atoms with Crippen LogP contribution in [0.15, 0.2) is 0 Å². The van der Waals surface area contributed by atoms with Crippen molar-refractivity contribution in [1.29, 1.82) is 0 Å². The third kappa shape index (κ3) is 6.18. The SMILES string of the molecule is COC(=O)[C@@H]1CC[C@@H]1NC(=O)[C@@H]1CC[C@@H]1NC(=O)[C@@H]1CC[C@@H]1NC(=O)[C@@H]1CC[C@@H]1NC(=O)OC(C)(C)C. The number of nitrogens with one attached hydrogen (secondary N) is 4. The van der Waals surface area contributed by atoms with Gasteiger partial charge in [-0.3, -0.25) is 19.2 Å². The lowest BCUT2D eigenvalue weighted by Crippen LogP contribution is -2.61. The van der Waals surface area contributed by atoms with E-state index >= 15 is 0 Å². The van der Waals surface area contributed by atoms with E-state index in [1.165, 1.54) is 7.11 Å². The summed E-state index contributed by atoms with van der Waals surface area (Å²) in [5.41, 5.74) is -0.610. The molecule has 0 unspecified atom stereocenters. The zero-order valence-corrected chi connectivity index (χ0v) is 22.1. The molecule has 206 valence electrons. The molecule has 0 radical (unpaired) electrons. The Morgan fingerprint density at radius 1 is 0.568 bits per heavy atom. The lowest BCUT2D eigenvalue weighted by atomic mass is 9.74. The summed E-state index contributed by atoms with van der Waals surface area (Å²) in [6.45, 7) is 5.35. The average molecular weight is 521 g/mol. The summed E-state index contributed by atoms with van der Waals surface area (Å²) in [5, 5.41) is 11.7. The summed E-state index contributed by atoms with van der Waals surface area (Å²) >= 11 is 0. The number of hydrogen-bond acceptors (Lipinski definition) is 7. The van der Waals surface area contributed by atoms with E-state index in [-0.39, 0.29) is 71.5 Å². The first-order chi connectivity index (χ1) is 17.5. The minimum atomic E-state index is -0.610. The molecule has 0 aromatic carbocycles. The largest absolute Gasteiger partial charge is 0.469 e. The Hall–Kier alpha value is -2.85. The Balaban J connectivity index is 1.20. The normalized spacial score (nSPS) is 34.2. The molecule has 4 fully saturated rings. The molecule has 4 N–H and O–H groups in total. The number of carbonyl (C=O) groups is 5. The molecule has 4 aliphatic rings. The molecule has 0 aliphatic heterocycles. The van der Waals surface area contributed by atoms with Crippen molar-refractivity contribution in [2.75, 3.05) is 7.11 Å². The topological polar surface area (TPSA) is 152 Å². The molecule has 0 saturated heterocycles. The first kappa shape index (κ1) is 27.2. The molecule has 0 heterocycles. The van der Waals surface area contributed by atoms with Crippen molar-refractivity contribution >= 4 is 29.8 Å². The quantitative estimate of drug-likeness (QED) is 0.350. The van der Waals surface area contributed by atoms with E-state index in [1.54, 1.807) is 20.8 Å². The third-order valence-electron chi connectivity index (χ3n) is 8.30. The molecule has 11 heteroatoms. The molecule has 4 amide bonds. The fourth-order valence-corrected chi connectivity index (χ4v) is 5.39. The molecule has 4 saturated carbocycles. The molecule has 0 aromatic rings. The number of amides is 4. The number of hydrogen-bond donors (Lipinski definition) is 4. The zero-order valence-electron chi connectivity index (χ0n) is 22.1. The second kappa shape index (κ2) is 10.9. The zero-order chi connectivity index (χ0) is 26.9. The number of carbonyl (C=O) groups excluding carboxylic acids is 5. The lowest BCUT2D eigenvalue weighted by Gasteiger charge is -2.43. The van der Waals surface area contributed by atoms with Gasteiger partial charge in [-0.2, -0.15) is 0 Å². The monoisotopic (exact) mass is 520 g/mol. The van der Waals surface area contributed by atoms with Crippen LogP contribution in [0.3, 0.4) is 0 Å². The van der Waals surface area contributed by atoms with E-state index in [0.29, 0.717) is 38.5 Å². The van der Waals surface area contributed by atoms with Crippen LogP contribution in [0.4, 0.5) is 4.79 Å². The highest BCUT2D eigenvalue weighted by atomic mass is 16.6. The van der Waals surface area contributed by atoms with Crippen LogP contribution < -0.4 is 21.3 Å². The maximum atomic E-state index is 12.9. The van der Waals surface area contributed by atoms with Gasteiger partial charge in [0.15, 0.2) is 0 Å². The van der Waals surface area contributed by atoms with Crippen molar-refractivity contribution in [2.45, 2.75) is 102 Å². The van der Waals surface area contributed by atoms with Crippen molar-refractivity contribution in [3.63, 3.8) is 0 Å². The summed E-state index contributed by atoms with van der Waals surface area (Å²) in [7, 11) is 1.35. The Labute approximate surface area is 217 Å². The van der Waals surface area contributed by atoms with E-state index in [1.807, 2.05) is 0 Å². The fraction of sp³-hybridized carbons (Fsp3) is 0.808. The number of esters is 1. The van der Waals surface area contributed by atoms with Gasteiger partial charge < -0.3 is 30.7 Å². The predicted molar refractivity (Wildman–Crippen MR) is 132 cm³/mol. The van der Waals surface area contributed by atoms with Gasteiger partial charge in [0.1, 0.15) is 5.60 Å². The van der Waals surface area contributed by atoms with E-state index in [9.17, 15) is 24.0 Å². The summed E-state index contributed by atoms with van der Waals surface area (Å²) < 4.78 is 10.1. The van der Waals surface area contributed by atoms with Gasteiger partial charge in [0.05, 0.1) is 30.8 Å². The van der Waals surface area contributed by atoms with Crippen LogP contribution in [0.5, 0.6) is 0 Å². The Morgan fingerprint density at radius 3 is 1.22 bits per heavy atom. The van der Waals surface area contributed by atoms with Crippen molar-refractivity contribution in [2.24, 2.45) is 23.7 Å². The van der Waals surface area contributed by atoms with E-state index in [2.05, 4.69) is 21.3 Å². The molecule has 8 atom stereocenters. The smallest absolute Gasteiger partial charge is 0.407 e. The first-order valence-electron chi connectivity index (χ1n) is 13.4. The maximum absolute atomic E-state index is 12.9. The predicted octanol–water partition coefficient (Wildman–Crippen LogP) is 1.15. The molecular formula is C26H40N4O7. The van der Waals surface area contributed by atoms with Gasteiger partial charge in [-0.15, -0.1) is 0 Å². The van der Waals surface area contributed by atoms with Gasteiger partial charge >= 0.3 is 12.1 Å². The highest BCUT2D eigenvalue weighted by Gasteiger charge is 2.46. The molecule has 4 rings (SSSR count). The molecule has 0 aromatic heterocycles. The van der Waals surface area contributed by atoms with Gasteiger partial charge in [-0.05, 0) is 72.1 Å². The van der Waals surface area contributed by atoms with Gasteiger partial charge in [0.2, 0.25) is 17.7 Å². The van der Waals surface area contributed by atoms with Crippen molar-refractivity contribution in [3.05, 3.63) is 0 Å². The van der Waals surface area contributed by atoms with E-state index < -0.39 is 11.7 Å². The fourth-order valence-electron chi connectivity index (χ4n) is 5.39. The number of alkyl carbamates (subject to hydrolysis) is 1. The number of methoxy groups -OCH3 is 1. The van der Waals surface area contributed by atoms with Gasteiger partial charge in [-0.25, -0.2) is 4.79 Å². The van der Waals surface area contributed by atoms with Gasteiger partial charge in [-0.1, -0.05) is 0 Å². The van der Waals surface area contributed by atoms with Crippen LogP contribution in [-0.2, 0) is 28.7 Å². The molecule has 0 bridgehead atoms. The average Bonchev–Trinajstić information content (AvgIpc) is 2.73. The summed E-state index contributed by atoms with van der Waals surface area (Å²) in [6.07, 6.45) is 5.09. The van der Waals surface area contributed by atoms with Gasteiger partial charge in [0, 0.05) is 24.2 Å². The molecule has 0 spiro atoms. The Bertz CT molecular complexity index is 932. The number of ether oxygens (including phenoxy) is 2. The highest BCUT2D eigenvalue weighted by molar-refractivity contribution is 5.87. The van der Waals surface area contributed by atoms with Crippen LogP contribution in [0.1, 0.15) is 72.1 Å². The lowest BCUT2D eigenvalue weighted by molar-refractivity contribution is -0.150. The number of rotatable bonds is 8. The van der Waals surface area contributed by atoms with Crippen molar-refractivity contribution < 1.29 is 33.4 Å². The van der Waals surface area contributed by atoms with Crippen LogP contribution in [0.25, 0.3) is 0 Å². The van der Waals surface area contributed by atoms with Crippen LogP contribution >= 0.6 is 0 Å². The Morgan fingerprint density at radius 2 is 0.919 bits per heavy atom. The molecule has 37 heavy (non-hydrogen) atoms. The Kier molecular flexibility index (Phi) is 7.99. The minimum absolute atomic E-state index is 0.137. The second-order valence-corrected chi connectivity index (χ2v) is 11.9. The molecule has 11 nitrogen and oxygen atoms in total. The summed E-state index contributed by atoms with van der Waals surface area (Å²) in [6, 6.07) is -0.970. The summed E-state index contributed by atoms with van der Waals surface area (Å²) in [4.78, 5) is 62.3. The second-order valence-electron chi connectivity index (χ2n) is 11.9. The minimum Gasteiger partial charge on any atom is -0.469 e. The third-order valence-corrected chi connectivity index (χ3v) is 8.30. The summed E-state index contributed by atoms with van der Waals surface area (Å²) in [5.74, 6) is -2.02. The van der Waals surface area contributed by atoms with Crippen molar-refractivity contribution in [3.8, 4) is 0 Å². The van der Waals surface area contributed by atoms with E-state index in [4.69, 9.17) is 9.47 Å². The molecule has 4 aliphatic carbocycles. The van der Waals surface area contributed by atoms with Crippen LogP contribution in [0.2, 0.25) is 0 Å². The van der Waals surface area contributed by atoms with Crippen LogP contribution in [-0.4, -0.2) is 66.7 Å².